The van der Waals surface area contributed by atoms with Gasteiger partial charge in [0.15, 0.2) is 5.82 Å². The molecule has 0 spiro atoms. The molecule has 0 aliphatic heterocycles. The van der Waals surface area contributed by atoms with Crippen molar-refractivity contribution in [2.24, 2.45) is 5.92 Å². The number of ether oxygens (including phenoxy) is 1. The lowest BCUT2D eigenvalue weighted by Gasteiger charge is -2.07. The number of unbranched alkanes of at least 4 members (excludes halogenated alkanes) is 4. The molecule has 1 aromatic carbocycles. The highest BCUT2D eigenvalue weighted by Crippen LogP contribution is 2.17. The van der Waals surface area contributed by atoms with Crippen LogP contribution in [0.1, 0.15) is 70.4 Å². The molecule has 0 saturated heterocycles. The number of esters is 1. The molecule has 0 amide bonds. The molecule has 156 valence electrons. The zero-order valence-electron chi connectivity index (χ0n) is 18.1. The molecule has 2 rings (SSSR count). The van der Waals surface area contributed by atoms with Crippen molar-refractivity contribution in [2.75, 3.05) is 6.61 Å². The molecular weight excluding hydrogens is 360 g/mol. The number of rotatable bonds is 12. The molecule has 0 radical (unpaired) electrons. The summed E-state index contributed by atoms with van der Waals surface area (Å²) in [7, 11) is 0. The lowest BCUT2D eigenvalue weighted by Crippen LogP contribution is -2.08. The van der Waals surface area contributed by atoms with Gasteiger partial charge in [-0.2, -0.15) is 0 Å². The summed E-state index contributed by atoms with van der Waals surface area (Å²) in [4.78, 5) is 20.8. The van der Waals surface area contributed by atoms with Crippen molar-refractivity contribution in [3.8, 4) is 11.4 Å². The highest BCUT2D eigenvalue weighted by atomic mass is 16.5. The largest absolute Gasteiger partial charge is 0.462 e. The Morgan fingerprint density at radius 1 is 1.03 bits per heavy atom. The van der Waals surface area contributed by atoms with Crippen molar-refractivity contribution in [2.45, 2.75) is 65.7 Å². The lowest BCUT2D eigenvalue weighted by atomic mass is 10.1. The number of benzene rings is 1. The van der Waals surface area contributed by atoms with Crippen LogP contribution < -0.4 is 0 Å². The fraction of sp³-hybridized carbons (Fsp3) is 0.480. The fourth-order valence-electron chi connectivity index (χ4n) is 2.86. The summed E-state index contributed by atoms with van der Waals surface area (Å²) < 4.78 is 5.22. The number of aryl methyl sites for hydroxylation is 1. The molecule has 0 bridgehead atoms. The van der Waals surface area contributed by atoms with Gasteiger partial charge in [0.2, 0.25) is 0 Å². The van der Waals surface area contributed by atoms with Crippen molar-refractivity contribution < 1.29 is 9.53 Å². The first-order valence-corrected chi connectivity index (χ1v) is 10.9. The molecule has 0 N–H and O–H groups in total. The Kier molecular flexibility index (Phi) is 10.1. The van der Waals surface area contributed by atoms with Gasteiger partial charge in [-0.05, 0) is 36.0 Å². The minimum absolute atomic E-state index is 0.303. The molecule has 1 atom stereocenters. The number of carbonyl (C=O) groups excluding carboxylic acids is 1. The van der Waals surface area contributed by atoms with Crippen molar-refractivity contribution in [1.29, 1.82) is 0 Å². The van der Waals surface area contributed by atoms with Crippen LogP contribution in [0.25, 0.3) is 17.5 Å². The number of hydrogen-bond donors (Lipinski definition) is 0. The summed E-state index contributed by atoms with van der Waals surface area (Å²) in [5, 5.41) is 0. The molecule has 0 aliphatic carbocycles. The third kappa shape index (κ3) is 8.59. The maximum Gasteiger partial charge on any atom is 0.330 e. The smallest absolute Gasteiger partial charge is 0.330 e. The van der Waals surface area contributed by atoms with Crippen LogP contribution in [0, 0.1) is 5.92 Å². The first kappa shape index (κ1) is 22.8. The summed E-state index contributed by atoms with van der Waals surface area (Å²) in [5.41, 5.74) is 3.11. The van der Waals surface area contributed by atoms with Crippen LogP contribution in [0.3, 0.4) is 0 Å². The van der Waals surface area contributed by atoms with Crippen LogP contribution in [0.4, 0.5) is 0 Å². The molecule has 0 unspecified atom stereocenters. The summed E-state index contributed by atoms with van der Waals surface area (Å²) in [6, 6.07) is 7.87. The van der Waals surface area contributed by atoms with Gasteiger partial charge in [0, 0.05) is 24.0 Å². The molecule has 29 heavy (non-hydrogen) atoms. The Morgan fingerprint density at radius 3 is 2.38 bits per heavy atom. The average molecular weight is 395 g/mol. The van der Waals surface area contributed by atoms with Gasteiger partial charge in [0.25, 0.3) is 0 Å². The number of carbonyl (C=O) groups is 1. The Hall–Kier alpha value is -2.49. The molecule has 4 nitrogen and oxygen atoms in total. The predicted octanol–water partition coefficient (Wildman–Crippen LogP) is 6.26. The highest BCUT2D eigenvalue weighted by molar-refractivity contribution is 5.87. The number of nitrogens with zero attached hydrogens (tertiary/aromatic N) is 2. The zero-order chi connectivity index (χ0) is 20.9. The van der Waals surface area contributed by atoms with E-state index in [0.29, 0.717) is 12.5 Å². The van der Waals surface area contributed by atoms with Gasteiger partial charge in [-0.15, -0.1) is 0 Å². The van der Waals surface area contributed by atoms with Gasteiger partial charge in [-0.25, -0.2) is 14.8 Å². The molecule has 4 heteroatoms. The maximum atomic E-state index is 11.8. The Bertz CT molecular complexity index is 751. The molecule has 1 aromatic heterocycles. The first-order chi connectivity index (χ1) is 14.1. The van der Waals surface area contributed by atoms with Crippen molar-refractivity contribution >= 4 is 12.0 Å². The van der Waals surface area contributed by atoms with Crippen LogP contribution in [0.2, 0.25) is 0 Å². The molecule has 0 aliphatic rings. The SMILES string of the molecule is CCCCCCCc1cnc(-c2ccc(C=CC(=O)OC[C@H](C)CC)cc2)nc1. The Morgan fingerprint density at radius 2 is 1.72 bits per heavy atom. The first-order valence-electron chi connectivity index (χ1n) is 10.9. The van der Waals surface area contributed by atoms with Crippen molar-refractivity contribution in [1.82, 2.24) is 9.97 Å². The third-order valence-corrected chi connectivity index (χ3v) is 5.06. The van der Waals surface area contributed by atoms with Crippen LogP contribution in [-0.2, 0) is 16.0 Å². The van der Waals surface area contributed by atoms with E-state index in [1.54, 1.807) is 6.08 Å². The summed E-state index contributed by atoms with van der Waals surface area (Å²) >= 11 is 0. The van der Waals surface area contributed by atoms with E-state index in [9.17, 15) is 4.79 Å². The Balaban J connectivity index is 1.84. The van der Waals surface area contributed by atoms with Gasteiger partial charge in [-0.1, -0.05) is 77.1 Å². The summed E-state index contributed by atoms with van der Waals surface area (Å²) in [5.74, 6) is 0.810. The quantitative estimate of drug-likeness (QED) is 0.242. The van der Waals surface area contributed by atoms with Gasteiger partial charge in [0.05, 0.1) is 6.61 Å². The fourth-order valence-corrected chi connectivity index (χ4v) is 2.86. The highest BCUT2D eigenvalue weighted by Gasteiger charge is 2.04. The van der Waals surface area contributed by atoms with Crippen LogP contribution in [0.15, 0.2) is 42.7 Å². The van der Waals surface area contributed by atoms with Crippen LogP contribution >= 0.6 is 0 Å². The second-order valence-electron chi connectivity index (χ2n) is 7.68. The zero-order valence-corrected chi connectivity index (χ0v) is 18.1. The van der Waals surface area contributed by atoms with E-state index in [-0.39, 0.29) is 5.97 Å². The van der Waals surface area contributed by atoms with Crippen molar-refractivity contribution in [3.05, 3.63) is 53.9 Å². The van der Waals surface area contributed by atoms with E-state index in [4.69, 9.17) is 4.74 Å². The number of hydrogen-bond acceptors (Lipinski definition) is 4. The van der Waals surface area contributed by atoms with Gasteiger partial charge < -0.3 is 4.74 Å². The van der Waals surface area contributed by atoms with E-state index >= 15 is 0 Å². The standard InChI is InChI=1S/C25H34N2O2/c1-4-6-7-8-9-10-22-17-26-25(27-18-22)23-14-11-21(12-15-23)13-16-24(28)29-19-20(3)5-2/h11-18,20H,4-10,19H2,1-3H3/t20-/m1/s1. The monoisotopic (exact) mass is 394 g/mol. The van der Waals surface area contributed by atoms with E-state index in [1.165, 1.54) is 43.7 Å². The van der Waals surface area contributed by atoms with Gasteiger partial charge >= 0.3 is 5.97 Å². The van der Waals surface area contributed by atoms with Gasteiger partial charge in [0.1, 0.15) is 0 Å². The van der Waals surface area contributed by atoms with Crippen molar-refractivity contribution in [3.63, 3.8) is 0 Å². The predicted molar refractivity (Wildman–Crippen MR) is 119 cm³/mol. The maximum absolute atomic E-state index is 11.8. The van der Waals surface area contributed by atoms with E-state index in [1.807, 2.05) is 36.7 Å². The van der Waals surface area contributed by atoms with E-state index in [2.05, 4.69) is 30.7 Å². The molecule has 0 fully saturated rings. The molecule has 1 heterocycles. The topological polar surface area (TPSA) is 52.1 Å². The summed E-state index contributed by atoms with van der Waals surface area (Å²) in [6.07, 6.45) is 15.5. The van der Waals surface area contributed by atoms with Crippen LogP contribution in [-0.4, -0.2) is 22.5 Å². The third-order valence-electron chi connectivity index (χ3n) is 5.06. The van der Waals surface area contributed by atoms with E-state index in [0.717, 1.165) is 29.8 Å². The second kappa shape index (κ2) is 12.9. The molecule has 2 aromatic rings. The van der Waals surface area contributed by atoms with Crippen LogP contribution in [0.5, 0.6) is 0 Å². The van der Waals surface area contributed by atoms with E-state index < -0.39 is 0 Å². The van der Waals surface area contributed by atoms with Gasteiger partial charge in [-0.3, -0.25) is 0 Å². The molecular formula is C25H34N2O2. The number of aromatic nitrogens is 2. The molecule has 0 saturated carbocycles. The minimum atomic E-state index is -0.303. The minimum Gasteiger partial charge on any atom is -0.462 e. The lowest BCUT2D eigenvalue weighted by molar-refractivity contribution is -0.138. The average Bonchev–Trinajstić information content (AvgIpc) is 2.76. The normalized spacial score (nSPS) is 12.2. The second-order valence-corrected chi connectivity index (χ2v) is 7.68. The Labute approximate surface area is 175 Å². The summed E-state index contributed by atoms with van der Waals surface area (Å²) in [6.45, 7) is 6.85.